The number of nitrogens with zero attached hydrogens (tertiary/aromatic N) is 1. The van der Waals surface area contributed by atoms with Crippen LogP contribution in [0.2, 0.25) is 0 Å². The van der Waals surface area contributed by atoms with Crippen LogP contribution in [0.15, 0.2) is 42.5 Å². The lowest BCUT2D eigenvalue weighted by Crippen LogP contribution is -2.20. The number of nitrogens with one attached hydrogen (secondary N) is 1. The van der Waals surface area contributed by atoms with Gasteiger partial charge in [0.15, 0.2) is 6.61 Å². The van der Waals surface area contributed by atoms with E-state index in [2.05, 4.69) is 5.32 Å². The average molecular weight is 281 g/mol. The topological polar surface area (TPSA) is 88.1 Å². The van der Waals surface area contributed by atoms with Gasteiger partial charge in [0.2, 0.25) is 0 Å². The first-order chi connectivity index (χ1) is 10.1. The Morgan fingerprint density at radius 2 is 2.00 bits per heavy atom. The molecule has 0 fully saturated rings. The molecule has 0 saturated carbocycles. The Kier molecular flexibility index (Phi) is 4.42. The molecule has 2 aromatic carbocycles. The Morgan fingerprint density at radius 1 is 1.29 bits per heavy atom. The van der Waals surface area contributed by atoms with Gasteiger partial charge in [0.1, 0.15) is 5.75 Å². The molecule has 5 nitrogen and oxygen atoms in total. The van der Waals surface area contributed by atoms with Gasteiger partial charge in [-0.1, -0.05) is 6.07 Å². The maximum absolute atomic E-state index is 11.8. The van der Waals surface area contributed by atoms with Gasteiger partial charge in [-0.15, -0.1) is 0 Å². The minimum atomic E-state index is -0.270. The van der Waals surface area contributed by atoms with Crippen molar-refractivity contribution in [3.63, 3.8) is 0 Å². The third kappa shape index (κ3) is 3.74. The third-order valence-electron chi connectivity index (χ3n) is 3.00. The van der Waals surface area contributed by atoms with Crippen molar-refractivity contribution in [1.29, 1.82) is 5.26 Å². The van der Waals surface area contributed by atoms with Gasteiger partial charge in [-0.3, -0.25) is 4.79 Å². The van der Waals surface area contributed by atoms with Crippen LogP contribution in [-0.2, 0) is 4.79 Å². The lowest BCUT2D eigenvalue weighted by atomic mass is 10.1. The van der Waals surface area contributed by atoms with Gasteiger partial charge >= 0.3 is 0 Å². The third-order valence-corrected chi connectivity index (χ3v) is 3.00. The fraction of sp³-hybridized carbons (Fsp3) is 0.125. The molecule has 0 bridgehead atoms. The molecular formula is C16H15N3O2. The molecule has 106 valence electrons. The van der Waals surface area contributed by atoms with Gasteiger partial charge in [0.25, 0.3) is 5.91 Å². The largest absolute Gasteiger partial charge is 0.484 e. The van der Waals surface area contributed by atoms with E-state index in [1.54, 1.807) is 42.5 Å². The minimum Gasteiger partial charge on any atom is -0.484 e. The highest BCUT2D eigenvalue weighted by Crippen LogP contribution is 2.20. The van der Waals surface area contributed by atoms with Gasteiger partial charge in [-0.25, -0.2) is 0 Å². The van der Waals surface area contributed by atoms with Crippen LogP contribution in [0.1, 0.15) is 11.1 Å². The normalized spacial score (nSPS) is 9.71. The Balaban J connectivity index is 1.93. The number of benzene rings is 2. The SMILES string of the molecule is Cc1c(N)cccc1NC(=O)COc1ccc(C#N)cc1. The molecule has 3 N–H and O–H groups in total. The van der Waals surface area contributed by atoms with Crippen LogP contribution < -0.4 is 15.8 Å². The summed E-state index contributed by atoms with van der Waals surface area (Å²) in [6, 6.07) is 13.9. The van der Waals surface area contributed by atoms with Crippen LogP contribution in [0.3, 0.4) is 0 Å². The van der Waals surface area contributed by atoms with Crippen molar-refractivity contribution in [2.24, 2.45) is 0 Å². The van der Waals surface area contributed by atoms with Crippen LogP contribution in [0, 0.1) is 18.3 Å². The maximum Gasteiger partial charge on any atom is 0.262 e. The number of hydrogen-bond acceptors (Lipinski definition) is 4. The first kappa shape index (κ1) is 14.4. The highest BCUT2D eigenvalue weighted by molar-refractivity contribution is 5.93. The molecule has 2 rings (SSSR count). The van der Waals surface area contributed by atoms with Crippen LogP contribution in [0.4, 0.5) is 11.4 Å². The second-order valence-electron chi connectivity index (χ2n) is 4.49. The zero-order valence-electron chi connectivity index (χ0n) is 11.6. The zero-order chi connectivity index (χ0) is 15.2. The van der Waals surface area contributed by atoms with Crippen LogP contribution in [-0.4, -0.2) is 12.5 Å². The van der Waals surface area contributed by atoms with Crippen LogP contribution in [0.25, 0.3) is 0 Å². The molecule has 0 aromatic heterocycles. The lowest BCUT2D eigenvalue weighted by molar-refractivity contribution is -0.118. The summed E-state index contributed by atoms with van der Waals surface area (Å²) in [5, 5.41) is 11.4. The van der Waals surface area contributed by atoms with Crippen molar-refractivity contribution in [1.82, 2.24) is 0 Å². The highest BCUT2D eigenvalue weighted by Gasteiger charge is 2.07. The van der Waals surface area contributed by atoms with Crippen molar-refractivity contribution in [3.05, 3.63) is 53.6 Å². The number of anilines is 2. The molecule has 0 aliphatic rings. The molecule has 1 amide bonds. The van der Waals surface area contributed by atoms with E-state index in [1.165, 1.54) is 0 Å². The van der Waals surface area contributed by atoms with Gasteiger partial charge in [0, 0.05) is 11.4 Å². The number of nitriles is 1. The van der Waals surface area contributed by atoms with E-state index in [1.807, 2.05) is 13.0 Å². The van der Waals surface area contributed by atoms with Gasteiger partial charge in [0.05, 0.1) is 11.6 Å². The lowest BCUT2D eigenvalue weighted by Gasteiger charge is -2.11. The highest BCUT2D eigenvalue weighted by atomic mass is 16.5. The number of carbonyl (C=O) groups excluding carboxylic acids is 1. The zero-order valence-corrected chi connectivity index (χ0v) is 11.6. The molecule has 0 spiro atoms. The molecule has 2 aromatic rings. The van der Waals surface area contributed by atoms with E-state index in [0.717, 1.165) is 5.56 Å². The average Bonchev–Trinajstić information content (AvgIpc) is 2.50. The first-order valence-electron chi connectivity index (χ1n) is 6.38. The summed E-state index contributed by atoms with van der Waals surface area (Å²) in [6.45, 7) is 1.73. The number of carbonyl (C=O) groups is 1. The van der Waals surface area contributed by atoms with Crippen LogP contribution >= 0.6 is 0 Å². The van der Waals surface area contributed by atoms with Crippen molar-refractivity contribution in [2.75, 3.05) is 17.7 Å². The molecule has 0 heterocycles. The van der Waals surface area contributed by atoms with E-state index >= 15 is 0 Å². The maximum atomic E-state index is 11.8. The molecule has 21 heavy (non-hydrogen) atoms. The molecule has 5 heteroatoms. The molecule has 0 atom stereocenters. The number of nitrogen functional groups attached to an aromatic ring is 1. The van der Waals surface area contributed by atoms with E-state index in [4.69, 9.17) is 15.7 Å². The molecular weight excluding hydrogens is 266 g/mol. The van der Waals surface area contributed by atoms with Gasteiger partial charge in [-0.05, 0) is 48.9 Å². The summed E-state index contributed by atoms with van der Waals surface area (Å²) < 4.78 is 5.36. The summed E-state index contributed by atoms with van der Waals surface area (Å²) in [6.07, 6.45) is 0. The second-order valence-corrected chi connectivity index (χ2v) is 4.49. The fourth-order valence-electron chi connectivity index (χ4n) is 1.75. The number of rotatable bonds is 4. The van der Waals surface area contributed by atoms with Gasteiger partial charge in [-0.2, -0.15) is 5.26 Å². The van der Waals surface area contributed by atoms with E-state index in [0.29, 0.717) is 22.7 Å². The molecule has 0 aliphatic heterocycles. The van der Waals surface area contributed by atoms with Crippen molar-refractivity contribution >= 4 is 17.3 Å². The molecule has 0 unspecified atom stereocenters. The number of hydrogen-bond donors (Lipinski definition) is 2. The van der Waals surface area contributed by atoms with Gasteiger partial charge < -0.3 is 15.8 Å². The van der Waals surface area contributed by atoms with Crippen molar-refractivity contribution in [2.45, 2.75) is 6.92 Å². The van der Waals surface area contributed by atoms with E-state index in [9.17, 15) is 4.79 Å². The number of ether oxygens (including phenoxy) is 1. The standard InChI is InChI=1S/C16H15N3O2/c1-11-14(18)3-2-4-15(11)19-16(20)10-21-13-7-5-12(9-17)6-8-13/h2-8H,10,18H2,1H3,(H,19,20). The van der Waals surface area contributed by atoms with Crippen molar-refractivity contribution < 1.29 is 9.53 Å². The Morgan fingerprint density at radius 3 is 2.67 bits per heavy atom. The monoisotopic (exact) mass is 281 g/mol. The molecule has 0 aliphatic carbocycles. The Bertz CT molecular complexity index is 688. The predicted octanol–water partition coefficient (Wildman–Crippen LogP) is 2.47. The second kappa shape index (κ2) is 6.44. The van der Waals surface area contributed by atoms with E-state index in [-0.39, 0.29) is 12.5 Å². The smallest absolute Gasteiger partial charge is 0.262 e. The number of nitrogens with two attached hydrogens (primary N) is 1. The minimum absolute atomic E-state index is 0.111. The quantitative estimate of drug-likeness (QED) is 0.843. The Labute approximate surface area is 123 Å². The first-order valence-corrected chi connectivity index (χ1v) is 6.38. The van der Waals surface area contributed by atoms with Crippen LogP contribution in [0.5, 0.6) is 5.75 Å². The summed E-state index contributed by atoms with van der Waals surface area (Å²) in [4.78, 5) is 11.8. The molecule has 0 saturated heterocycles. The Hall–Kier alpha value is -3.00. The summed E-state index contributed by atoms with van der Waals surface area (Å²) in [5.74, 6) is 0.265. The number of amides is 1. The summed E-state index contributed by atoms with van der Waals surface area (Å²) >= 11 is 0. The fourth-order valence-corrected chi connectivity index (χ4v) is 1.75. The predicted molar refractivity (Wildman–Crippen MR) is 80.9 cm³/mol. The summed E-state index contributed by atoms with van der Waals surface area (Å²) in [5.41, 5.74) is 8.44. The molecule has 0 radical (unpaired) electrons. The van der Waals surface area contributed by atoms with Crippen molar-refractivity contribution in [3.8, 4) is 11.8 Å². The summed E-state index contributed by atoms with van der Waals surface area (Å²) in [7, 11) is 0. The van der Waals surface area contributed by atoms with E-state index < -0.39 is 0 Å².